The van der Waals surface area contributed by atoms with Crippen molar-refractivity contribution in [1.82, 2.24) is 9.80 Å². The molecule has 5 nitrogen and oxygen atoms in total. The molecule has 5 heteroatoms. The molecule has 0 N–H and O–H groups in total. The molecule has 0 spiro atoms. The van der Waals surface area contributed by atoms with Crippen LogP contribution in [0.25, 0.3) is 0 Å². The standard InChI is InChI=1S/C18H28N2O3/c1-14(21)20(16-6-2-7-16)17-8-3-10-19(11-9-17)18(22)15-5-4-12-23-13-15/h13,16-17H,2-12H2,1H3. The summed E-state index contributed by atoms with van der Waals surface area (Å²) in [5.41, 5.74) is 0.803. The van der Waals surface area contributed by atoms with Crippen molar-refractivity contribution in [3.05, 3.63) is 11.8 Å². The molecule has 1 unspecified atom stereocenters. The molecule has 0 aromatic rings. The fraction of sp³-hybridized carbons (Fsp3) is 0.778. The molecule has 0 aromatic heterocycles. The fourth-order valence-corrected chi connectivity index (χ4v) is 3.96. The van der Waals surface area contributed by atoms with E-state index in [0.717, 1.165) is 63.6 Å². The van der Waals surface area contributed by atoms with E-state index in [9.17, 15) is 9.59 Å². The molecule has 3 aliphatic rings. The van der Waals surface area contributed by atoms with Gasteiger partial charge >= 0.3 is 0 Å². The highest BCUT2D eigenvalue weighted by Crippen LogP contribution is 2.30. The summed E-state index contributed by atoms with van der Waals surface area (Å²) in [6, 6.07) is 0.737. The first-order chi connectivity index (χ1) is 11.2. The highest BCUT2D eigenvalue weighted by Gasteiger charge is 2.34. The number of likely N-dealkylation sites (tertiary alicyclic amines) is 1. The molecule has 1 saturated carbocycles. The molecule has 2 amide bonds. The first kappa shape index (κ1) is 16.3. The van der Waals surface area contributed by atoms with E-state index >= 15 is 0 Å². The molecule has 1 saturated heterocycles. The molecule has 1 aliphatic carbocycles. The Balaban J connectivity index is 1.61. The number of ether oxygens (including phenoxy) is 1. The Hall–Kier alpha value is -1.52. The van der Waals surface area contributed by atoms with Gasteiger partial charge in [0.1, 0.15) is 0 Å². The van der Waals surface area contributed by atoms with E-state index in [-0.39, 0.29) is 11.8 Å². The summed E-state index contributed by atoms with van der Waals surface area (Å²) in [7, 11) is 0. The van der Waals surface area contributed by atoms with Gasteiger partial charge in [0.15, 0.2) is 0 Å². The highest BCUT2D eigenvalue weighted by molar-refractivity contribution is 5.93. The Bertz CT molecular complexity index is 485. The third-order valence-corrected chi connectivity index (χ3v) is 5.42. The van der Waals surface area contributed by atoms with Crippen LogP contribution < -0.4 is 0 Å². The zero-order valence-corrected chi connectivity index (χ0v) is 14.1. The van der Waals surface area contributed by atoms with Crippen molar-refractivity contribution in [2.45, 2.75) is 70.4 Å². The summed E-state index contributed by atoms with van der Waals surface area (Å²) in [6.45, 7) is 3.95. The van der Waals surface area contributed by atoms with Crippen molar-refractivity contribution in [1.29, 1.82) is 0 Å². The van der Waals surface area contributed by atoms with E-state index < -0.39 is 0 Å². The number of nitrogens with zero attached hydrogens (tertiary/aromatic N) is 2. The average molecular weight is 320 g/mol. The van der Waals surface area contributed by atoms with Crippen molar-refractivity contribution in [2.24, 2.45) is 0 Å². The molecule has 23 heavy (non-hydrogen) atoms. The van der Waals surface area contributed by atoms with Crippen LogP contribution in [0.2, 0.25) is 0 Å². The van der Waals surface area contributed by atoms with E-state index in [4.69, 9.17) is 4.74 Å². The molecule has 2 heterocycles. The van der Waals surface area contributed by atoms with Gasteiger partial charge in [-0.15, -0.1) is 0 Å². The van der Waals surface area contributed by atoms with Gasteiger partial charge in [0.2, 0.25) is 5.91 Å². The summed E-state index contributed by atoms with van der Waals surface area (Å²) >= 11 is 0. The predicted molar refractivity (Wildman–Crippen MR) is 87.6 cm³/mol. The molecule has 2 aliphatic heterocycles. The van der Waals surface area contributed by atoms with Gasteiger partial charge in [-0.05, 0) is 51.4 Å². The van der Waals surface area contributed by atoms with E-state index in [1.807, 2.05) is 4.90 Å². The Morgan fingerprint density at radius 1 is 1.09 bits per heavy atom. The zero-order valence-electron chi connectivity index (χ0n) is 14.1. The number of hydrogen-bond donors (Lipinski definition) is 0. The lowest BCUT2D eigenvalue weighted by molar-refractivity contribution is -0.136. The van der Waals surface area contributed by atoms with Gasteiger partial charge in [0.05, 0.1) is 18.4 Å². The Morgan fingerprint density at radius 2 is 1.83 bits per heavy atom. The molecule has 128 valence electrons. The van der Waals surface area contributed by atoms with Crippen molar-refractivity contribution in [3.63, 3.8) is 0 Å². The molecule has 1 atom stereocenters. The smallest absolute Gasteiger partial charge is 0.252 e. The minimum Gasteiger partial charge on any atom is -0.501 e. The lowest BCUT2D eigenvalue weighted by Crippen LogP contribution is -2.49. The van der Waals surface area contributed by atoms with Gasteiger partial charge in [-0.25, -0.2) is 0 Å². The van der Waals surface area contributed by atoms with Crippen molar-refractivity contribution in [2.75, 3.05) is 19.7 Å². The third-order valence-electron chi connectivity index (χ3n) is 5.42. The molecular weight excluding hydrogens is 292 g/mol. The molecule has 3 rings (SSSR count). The first-order valence-electron chi connectivity index (χ1n) is 9.05. The topological polar surface area (TPSA) is 49.9 Å². The summed E-state index contributed by atoms with van der Waals surface area (Å²) < 4.78 is 5.31. The second kappa shape index (κ2) is 7.37. The number of amides is 2. The van der Waals surface area contributed by atoms with Crippen molar-refractivity contribution in [3.8, 4) is 0 Å². The Kier molecular flexibility index (Phi) is 5.23. The van der Waals surface area contributed by atoms with Crippen LogP contribution in [0.1, 0.15) is 58.3 Å². The Labute approximate surface area is 138 Å². The summed E-state index contributed by atoms with van der Waals surface area (Å²) in [5, 5.41) is 0. The molecule has 0 aromatic carbocycles. The molecule has 0 radical (unpaired) electrons. The lowest BCUT2D eigenvalue weighted by Gasteiger charge is -2.42. The number of rotatable bonds is 3. The number of hydrogen-bond acceptors (Lipinski definition) is 3. The quantitative estimate of drug-likeness (QED) is 0.802. The maximum Gasteiger partial charge on any atom is 0.252 e. The van der Waals surface area contributed by atoms with Gasteiger partial charge in [0, 0.05) is 32.1 Å². The molecule has 0 bridgehead atoms. The number of carbonyl (C=O) groups excluding carboxylic acids is 2. The van der Waals surface area contributed by atoms with E-state index in [1.165, 1.54) is 6.42 Å². The van der Waals surface area contributed by atoms with Crippen LogP contribution in [-0.2, 0) is 14.3 Å². The summed E-state index contributed by atoms with van der Waals surface area (Å²) in [4.78, 5) is 28.8. The van der Waals surface area contributed by atoms with Crippen LogP contribution in [-0.4, -0.2) is 53.4 Å². The van der Waals surface area contributed by atoms with Crippen LogP contribution in [0.5, 0.6) is 0 Å². The van der Waals surface area contributed by atoms with Crippen LogP contribution in [0.3, 0.4) is 0 Å². The van der Waals surface area contributed by atoms with E-state index in [0.29, 0.717) is 18.7 Å². The van der Waals surface area contributed by atoms with E-state index in [1.54, 1.807) is 13.2 Å². The second-order valence-corrected chi connectivity index (χ2v) is 7.01. The SMILES string of the molecule is CC(=O)N(C1CCC1)C1CCCN(C(=O)C2=COCCC2)CC1. The molecular formula is C18H28N2O3. The zero-order chi connectivity index (χ0) is 16.2. The minimum absolute atomic E-state index is 0.128. The van der Waals surface area contributed by atoms with Gasteiger partial charge in [0.25, 0.3) is 5.91 Å². The summed E-state index contributed by atoms with van der Waals surface area (Å²) in [6.07, 6.45) is 9.79. The van der Waals surface area contributed by atoms with E-state index in [2.05, 4.69) is 4.90 Å². The lowest BCUT2D eigenvalue weighted by atomic mass is 9.89. The third kappa shape index (κ3) is 3.70. The Morgan fingerprint density at radius 3 is 2.43 bits per heavy atom. The normalized spacial score (nSPS) is 25.7. The van der Waals surface area contributed by atoms with Gasteiger partial charge in [-0.1, -0.05) is 0 Å². The average Bonchev–Trinajstić information content (AvgIpc) is 2.76. The largest absolute Gasteiger partial charge is 0.501 e. The maximum atomic E-state index is 12.6. The van der Waals surface area contributed by atoms with Crippen molar-refractivity contribution >= 4 is 11.8 Å². The molecule has 2 fully saturated rings. The van der Waals surface area contributed by atoms with Crippen LogP contribution >= 0.6 is 0 Å². The minimum atomic E-state index is 0.128. The maximum absolute atomic E-state index is 12.6. The van der Waals surface area contributed by atoms with Gasteiger partial charge in [-0.2, -0.15) is 0 Å². The highest BCUT2D eigenvalue weighted by atomic mass is 16.5. The summed E-state index contributed by atoms with van der Waals surface area (Å²) in [5.74, 6) is 0.325. The van der Waals surface area contributed by atoms with Gasteiger partial charge in [-0.3, -0.25) is 9.59 Å². The van der Waals surface area contributed by atoms with Gasteiger partial charge < -0.3 is 14.5 Å². The number of carbonyl (C=O) groups is 2. The monoisotopic (exact) mass is 320 g/mol. The van der Waals surface area contributed by atoms with Crippen LogP contribution in [0.15, 0.2) is 11.8 Å². The first-order valence-corrected chi connectivity index (χ1v) is 9.05. The fourth-order valence-electron chi connectivity index (χ4n) is 3.96. The van der Waals surface area contributed by atoms with Crippen LogP contribution in [0.4, 0.5) is 0 Å². The van der Waals surface area contributed by atoms with Crippen molar-refractivity contribution < 1.29 is 14.3 Å². The second-order valence-electron chi connectivity index (χ2n) is 7.01. The van der Waals surface area contributed by atoms with Crippen LogP contribution in [0, 0.1) is 0 Å². The predicted octanol–water partition coefficient (Wildman–Crippen LogP) is 2.46.